The van der Waals surface area contributed by atoms with Crippen LogP contribution in [0.15, 0.2) is 29.0 Å². The van der Waals surface area contributed by atoms with Gasteiger partial charge < -0.3 is 9.67 Å². The molecule has 0 fully saturated rings. The molecule has 90 valence electrons. The lowest BCUT2D eigenvalue weighted by molar-refractivity contribution is 0.0685. The summed E-state index contributed by atoms with van der Waals surface area (Å²) in [6, 6.07) is 3.53. The number of nitrogens with zero attached hydrogens (tertiary/aromatic N) is 3. The molecule has 17 heavy (non-hydrogen) atoms. The molecule has 2 aromatic rings. The Hall–Kier alpha value is -1.56. The fourth-order valence-corrected chi connectivity index (χ4v) is 2.13. The molecule has 2 rings (SSSR count). The molecule has 0 atom stereocenters. The molecule has 0 spiro atoms. The zero-order chi connectivity index (χ0) is 12.4. The summed E-state index contributed by atoms with van der Waals surface area (Å²) in [5.41, 5.74) is 1.24. The summed E-state index contributed by atoms with van der Waals surface area (Å²) in [6.45, 7) is 0.601. The van der Waals surface area contributed by atoms with Gasteiger partial charge in [-0.3, -0.25) is 4.68 Å². The van der Waals surface area contributed by atoms with Crippen LogP contribution in [0.1, 0.15) is 16.2 Å². The first kappa shape index (κ1) is 11.9. The minimum atomic E-state index is -0.920. The second-order valence-electron chi connectivity index (χ2n) is 3.77. The Morgan fingerprint density at radius 1 is 1.59 bits per heavy atom. The second-order valence-corrected chi connectivity index (χ2v) is 4.69. The highest BCUT2D eigenvalue weighted by atomic mass is 79.9. The maximum atomic E-state index is 11.0. The molecule has 6 heteroatoms. The summed E-state index contributed by atoms with van der Waals surface area (Å²) in [7, 11) is 1.86. The third-order valence-electron chi connectivity index (χ3n) is 2.46. The second kappa shape index (κ2) is 4.75. The van der Waals surface area contributed by atoms with E-state index < -0.39 is 5.97 Å². The van der Waals surface area contributed by atoms with E-state index in [0.29, 0.717) is 13.0 Å². The predicted molar refractivity (Wildman–Crippen MR) is 66.0 cm³/mol. The molecule has 0 radical (unpaired) electrons. The van der Waals surface area contributed by atoms with Gasteiger partial charge >= 0.3 is 5.97 Å². The Morgan fingerprint density at radius 3 is 2.94 bits per heavy atom. The van der Waals surface area contributed by atoms with Crippen LogP contribution in [0, 0.1) is 0 Å². The van der Waals surface area contributed by atoms with Gasteiger partial charge in [0, 0.05) is 36.9 Å². The number of carboxylic acids is 1. The topological polar surface area (TPSA) is 60.0 Å². The number of halogens is 1. The fraction of sp³-hybridized carbons (Fsp3) is 0.273. The zero-order valence-corrected chi connectivity index (χ0v) is 10.9. The van der Waals surface area contributed by atoms with Crippen molar-refractivity contribution in [3.8, 4) is 0 Å². The van der Waals surface area contributed by atoms with E-state index in [1.807, 2.05) is 19.3 Å². The number of hydrogen-bond acceptors (Lipinski definition) is 2. The van der Waals surface area contributed by atoms with E-state index in [4.69, 9.17) is 5.11 Å². The van der Waals surface area contributed by atoms with Crippen LogP contribution in [0.5, 0.6) is 0 Å². The van der Waals surface area contributed by atoms with Gasteiger partial charge in [0.15, 0.2) is 0 Å². The van der Waals surface area contributed by atoms with Gasteiger partial charge in [-0.05, 0) is 28.1 Å². The molecule has 0 saturated heterocycles. The number of carbonyl (C=O) groups is 1. The zero-order valence-electron chi connectivity index (χ0n) is 9.30. The van der Waals surface area contributed by atoms with Gasteiger partial charge in [0.25, 0.3) is 0 Å². The molecule has 0 unspecified atom stereocenters. The normalized spacial score (nSPS) is 10.7. The maximum absolute atomic E-state index is 11.0. The van der Waals surface area contributed by atoms with Crippen molar-refractivity contribution in [2.24, 2.45) is 7.05 Å². The number of rotatable bonds is 4. The van der Waals surface area contributed by atoms with Gasteiger partial charge in [-0.15, -0.1) is 0 Å². The molecule has 0 amide bonds. The molecular formula is C11H12BrN3O2. The van der Waals surface area contributed by atoms with Crippen molar-refractivity contribution in [2.75, 3.05) is 0 Å². The fourth-order valence-electron chi connectivity index (χ4n) is 1.67. The van der Waals surface area contributed by atoms with Gasteiger partial charge in [0.05, 0.1) is 5.69 Å². The van der Waals surface area contributed by atoms with Crippen LogP contribution in [0.3, 0.4) is 0 Å². The van der Waals surface area contributed by atoms with Gasteiger partial charge in [-0.25, -0.2) is 4.79 Å². The van der Waals surface area contributed by atoms with E-state index in [0.717, 1.165) is 10.2 Å². The maximum Gasteiger partial charge on any atom is 0.352 e. The summed E-state index contributed by atoms with van der Waals surface area (Å²) in [5.74, 6) is -0.920. The lowest BCUT2D eigenvalue weighted by Gasteiger charge is -2.04. The van der Waals surface area contributed by atoms with Crippen LogP contribution < -0.4 is 0 Å². The SMILES string of the molecule is Cn1ccc(CCn2cc(Br)cc2C(=O)O)n1. The predicted octanol–water partition coefficient (Wildman–Crippen LogP) is 1.93. The van der Waals surface area contributed by atoms with Crippen molar-refractivity contribution >= 4 is 21.9 Å². The average Bonchev–Trinajstić information content (AvgIpc) is 2.82. The summed E-state index contributed by atoms with van der Waals surface area (Å²) >= 11 is 3.28. The van der Waals surface area contributed by atoms with Crippen molar-refractivity contribution in [1.82, 2.24) is 14.3 Å². The summed E-state index contributed by atoms with van der Waals surface area (Å²) in [5, 5.41) is 13.3. The van der Waals surface area contributed by atoms with Gasteiger partial charge in [0.2, 0.25) is 0 Å². The molecule has 2 heterocycles. The lowest BCUT2D eigenvalue weighted by atomic mass is 10.3. The Bertz CT molecular complexity index is 545. The highest BCUT2D eigenvalue weighted by Gasteiger charge is 2.11. The third kappa shape index (κ3) is 2.76. The highest BCUT2D eigenvalue weighted by Crippen LogP contribution is 2.15. The Labute approximate surface area is 107 Å². The largest absolute Gasteiger partial charge is 0.477 e. The van der Waals surface area contributed by atoms with Crippen LogP contribution in [0.25, 0.3) is 0 Å². The van der Waals surface area contributed by atoms with Crippen molar-refractivity contribution in [3.05, 3.63) is 40.4 Å². The monoisotopic (exact) mass is 297 g/mol. The van der Waals surface area contributed by atoms with Gasteiger partial charge in [-0.2, -0.15) is 5.10 Å². The van der Waals surface area contributed by atoms with E-state index in [-0.39, 0.29) is 5.69 Å². The van der Waals surface area contributed by atoms with Crippen molar-refractivity contribution in [2.45, 2.75) is 13.0 Å². The van der Waals surface area contributed by atoms with Crippen molar-refractivity contribution < 1.29 is 9.90 Å². The van der Waals surface area contributed by atoms with Crippen LogP contribution in [-0.4, -0.2) is 25.4 Å². The van der Waals surface area contributed by atoms with E-state index in [1.54, 1.807) is 21.5 Å². The van der Waals surface area contributed by atoms with Crippen LogP contribution in [0.4, 0.5) is 0 Å². The Kier molecular flexibility index (Phi) is 3.33. The molecule has 0 aliphatic heterocycles. The number of aromatic carboxylic acids is 1. The minimum absolute atomic E-state index is 0.285. The number of aromatic nitrogens is 3. The standard InChI is InChI=1S/C11H12BrN3O2/c1-14-4-2-9(13-14)3-5-15-7-8(12)6-10(15)11(16)17/h2,4,6-7H,3,5H2,1H3,(H,16,17). The lowest BCUT2D eigenvalue weighted by Crippen LogP contribution is -2.09. The van der Waals surface area contributed by atoms with Crippen LogP contribution in [0.2, 0.25) is 0 Å². The molecule has 5 nitrogen and oxygen atoms in total. The van der Waals surface area contributed by atoms with Crippen LogP contribution in [-0.2, 0) is 20.0 Å². The van der Waals surface area contributed by atoms with E-state index in [1.165, 1.54) is 0 Å². The molecule has 0 aromatic carbocycles. The molecule has 0 aliphatic rings. The molecule has 0 aliphatic carbocycles. The summed E-state index contributed by atoms with van der Waals surface area (Å²) < 4.78 is 4.22. The number of hydrogen-bond donors (Lipinski definition) is 1. The number of carboxylic acid groups (broad SMARTS) is 1. The van der Waals surface area contributed by atoms with Gasteiger partial charge in [-0.1, -0.05) is 0 Å². The van der Waals surface area contributed by atoms with Crippen LogP contribution >= 0.6 is 15.9 Å². The number of aryl methyl sites for hydroxylation is 3. The molecule has 2 aromatic heterocycles. The first-order valence-electron chi connectivity index (χ1n) is 5.14. The molecule has 0 saturated carbocycles. The quantitative estimate of drug-likeness (QED) is 0.938. The van der Waals surface area contributed by atoms with E-state index >= 15 is 0 Å². The summed E-state index contributed by atoms with van der Waals surface area (Å²) in [6.07, 6.45) is 4.35. The van der Waals surface area contributed by atoms with E-state index in [2.05, 4.69) is 21.0 Å². The van der Waals surface area contributed by atoms with Gasteiger partial charge in [0.1, 0.15) is 5.69 Å². The Morgan fingerprint density at radius 2 is 2.35 bits per heavy atom. The first-order chi connectivity index (χ1) is 8.06. The Balaban J connectivity index is 2.11. The van der Waals surface area contributed by atoms with Crippen molar-refractivity contribution in [1.29, 1.82) is 0 Å². The van der Waals surface area contributed by atoms with E-state index in [9.17, 15) is 4.79 Å². The summed E-state index contributed by atoms with van der Waals surface area (Å²) in [4.78, 5) is 11.0. The first-order valence-corrected chi connectivity index (χ1v) is 5.93. The molecule has 1 N–H and O–H groups in total. The minimum Gasteiger partial charge on any atom is -0.477 e. The molecular weight excluding hydrogens is 286 g/mol. The van der Waals surface area contributed by atoms with Crippen molar-refractivity contribution in [3.63, 3.8) is 0 Å². The molecule has 0 bridgehead atoms. The highest BCUT2D eigenvalue weighted by molar-refractivity contribution is 9.10. The average molecular weight is 298 g/mol. The smallest absolute Gasteiger partial charge is 0.352 e. The third-order valence-corrected chi connectivity index (χ3v) is 2.89.